The van der Waals surface area contributed by atoms with Gasteiger partial charge in [0.05, 0.1) is 5.69 Å². The van der Waals surface area contributed by atoms with Crippen LogP contribution in [0.5, 0.6) is 0 Å². The van der Waals surface area contributed by atoms with E-state index in [-0.39, 0.29) is 11.7 Å². The Bertz CT molecular complexity index is 792. The van der Waals surface area contributed by atoms with Crippen LogP contribution in [0.1, 0.15) is 5.56 Å². The van der Waals surface area contributed by atoms with Crippen molar-refractivity contribution in [2.75, 3.05) is 5.32 Å². The highest BCUT2D eigenvalue weighted by atomic mass is 32.2. The smallest absolute Gasteiger partial charge is 0.262 e. The summed E-state index contributed by atoms with van der Waals surface area (Å²) in [4.78, 5) is 15.8. The van der Waals surface area contributed by atoms with Gasteiger partial charge in [-0.15, -0.1) is 0 Å². The number of rotatable bonds is 1. The Labute approximate surface area is 130 Å². The zero-order valence-corrected chi connectivity index (χ0v) is 12.1. The Kier molecular flexibility index (Phi) is 2.91. The SMILES string of the molecule is O=C1Nc2ccccc2C12NNC(=Nc1ccc(F)cc1)S2. The van der Waals surface area contributed by atoms with Crippen LogP contribution in [0.15, 0.2) is 53.5 Å². The quantitative estimate of drug-likeness (QED) is 0.756. The molecule has 2 aliphatic rings. The van der Waals surface area contributed by atoms with Crippen LogP contribution in [0.2, 0.25) is 0 Å². The third-order valence-electron chi connectivity index (χ3n) is 3.53. The molecule has 1 saturated heterocycles. The van der Waals surface area contributed by atoms with E-state index in [0.29, 0.717) is 10.9 Å². The number of hydrazine groups is 1. The second-order valence-electron chi connectivity index (χ2n) is 4.93. The van der Waals surface area contributed by atoms with E-state index in [1.54, 1.807) is 12.1 Å². The lowest BCUT2D eigenvalue weighted by Gasteiger charge is -2.17. The molecule has 1 spiro atoms. The van der Waals surface area contributed by atoms with Crippen molar-refractivity contribution in [3.8, 4) is 0 Å². The minimum atomic E-state index is -0.921. The molecule has 1 amide bonds. The van der Waals surface area contributed by atoms with E-state index in [1.807, 2.05) is 24.3 Å². The van der Waals surface area contributed by atoms with Crippen LogP contribution in [0.4, 0.5) is 15.8 Å². The summed E-state index contributed by atoms with van der Waals surface area (Å²) < 4.78 is 12.9. The molecular formula is C15H11FN4OS. The average Bonchev–Trinajstić information content (AvgIpc) is 3.06. The van der Waals surface area contributed by atoms with Crippen molar-refractivity contribution in [2.24, 2.45) is 4.99 Å². The van der Waals surface area contributed by atoms with Gasteiger partial charge < -0.3 is 5.32 Å². The number of hydrogen-bond donors (Lipinski definition) is 3. The molecule has 4 rings (SSSR count). The van der Waals surface area contributed by atoms with Crippen molar-refractivity contribution in [1.29, 1.82) is 0 Å². The summed E-state index contributed by atoms with van der Waals surface area (Å²) in [6, 6.07) is 13.4. The Morgan fingerprint density at radius 1 is 1.09 bits per heavy atom. The fourth-order valence-electron chi connectivity index (χ4n) is 2.48. The number of nitrogens with one attached hydrogen (secondary N) is 3. The zero-order valence-electron chi connectivity index (χ0n) is 11.3. The highest BCUT2D eigenvalue weighted by molar-refractivity contribution is 8.15. The van der Waals surface area contributed by atoms with Gasteiger partial charge in [0.25, 0.3) is 5.91 Å². The first-order valence-corrected chi connectivity index (χ1v) is 7.46. The van der Waals surface area contributed by atoms with Crippen LogP contribution < -0.4 is 16.2 Å². The zero-order chi connectivity index (χ0) is 15.2. The number of fused-ring (bicyclic) bond motifs is 2. The molecule has 0 aliphatic carbocycles. The van der Waals surface area contributed by atoms with Gasteiger partial charge in [0, 0.05) is 11.3 Å². The van der Waals surface area contributed by atoms with Crippen molar-refractivity contribution in [3.05, 3.63) is 59.9 Å². The number of amidine groups is 1. The topological polar surface area (TPSA) is 65.5 Å². The summed E-state index contributed by atoms with van der Waals surface area (Å²) in [5.74, 6) is -0.454. The standard InChI is InChI=1S/C15H11FN4OS/c16-9-5-7-10(8-6-9)17-14-19-20-15(22-14)11-3-1-2-4-12(11)18-13(15)21/h1-8,20H,(H,17,19)(H,18,21). The highest BCUT2D eigenvalue weighted by Crippen LogP contribution is 2.46. The van der Waals surface area contributed by atoms with Gasteiger partial charge in [0.1, 0.15) is 5.82 Å². The average molecular weight is 314 g/mol. The molecule has 1 atom stereocenters. The normalized spacial score (nSPS) is 24.4. The van der Waals surface area contributed by atoms with Gasteiger partial charge in [-0.2, -0.15) is 0 Å². The summed E-state index contributed by atoms with van der Waals surface area (Å²) in [7, 11) is 0. The molecular weight excluding hydrogens is 303 g/mol. The molecule has 2 aliphatic heterocycles. The van der Waals surface area contributed by atoms with E-state index in [1.165, 1.54) is 23.9 Å². The maximum Gasteiger partial charge on any atom is 0.262 e. The van der Waals surface area contributed by atoms with Crippen LogP contribution in [-0.4, -0.2) is 11.1 Å². The van der Waals surface area contributed by atoms with E-state index in [0.717, 1.165) is 11.3 Å². The number of hydrogen-bond acceptors (Lipinski definition) is 4. The largest absolute Gasteiger partial charge is 0.323 e. The molecule has 0 bridgehead atoms. The molecule has 0 radical (unpaired) electrons. The number of aliphatic imine (C=N–C) groups is 1. The van der Waals surface area contributed by atoms with Gasteiger partial charge in [-0.25, -0.2) is 14.8 Å². The van der Waals surface area contributed by atoms with Crippen LogP contribution in [0.25, 0.3) is 0 Å². The van der Waals surface area contributed by atoms with Gasteiger partial charge in [0.2, 0.25) is 0 Å². The van der Waals surface area contributed by atoms with E-state index in [2.05, 4.69) is 21.2 Å². The molecule has 22 heavy (non-hydrogen) atoms. The summed E-state index contributed by atoms with van der Waals surface area (Å²) >= 11 is 1.29. The number of anilines is 1. The Balaban J connectivity index is 1.67. The molecule has 2 aromatic carbocycles. The first-order valence-electron chi connectivity index (χ1n) is 6.65. The number of para-hydroxylation sites is 1. The van der Waals surface area contributed by atoms with Crippen molar-refractivity contribution in [2.45, 2.75) is 4.87 Å². The predicted octanol–water partition coefficient (Wildman–Crippen LogP) is 2.46. The maximum atomic E-state index is 12.9. The fraction of sp³-hybridized carbons (Fsp3) is 0.0667. The Hall–Kier alpha value is -2.38. The van der Waals surface area contributed by atoms with Gasteiger partial charge in [-0.1, -0.05) is 18.2 Å². The first-order chi connectivity index (χ1) is 10.7. The summed E-state index contributed by atoms with van der Waals surface area (Å²) in [6.07, 6.45) is 0. The Morgan fingerprint density at radius 2 is 1.86 bits per heavy atom. The molecule has 2 heterocycles. The minimum absolute atomic E-state index is 0.143. The predicted molar refractivity (Wildman–Crippen MR) is 84.1 cm³/mol. The van der Waals surface area contributed by atoms with Crippen LogP contribution in [0, 0.1) is 5.82 Å². The third-order valence-corrected chi connectivity index (χ3v) is 4.73. The number of nitrogens with zero attached hydrogens (tertiary/aromatic N) is 1. The van der Waals surface area contributed by atoms with Crippen LogP contribution in [-0.2, 0) is 9.67 Å². The summed E-state index contributed by atoms with van der Waals surface area (Å²) in [5.41, 5.74) is 8.21. The molecule has 5 nitrogen and oxygen atoms in total. The number of carbonyl (C=O) groups is 1. The van der Waals surface area contributed by atoms with E-state index in [4.69, 9.17) is 0 Å². The van der Waals surface area contributed by atoms with Gasteiger partial charge >= 0.3 is 0 Å². The van der Waals surface area contributed by atoms with Crippen molar-refractivity contribution < 1.29 is 9.18 Å². The lowest BCUT2D eigenvalue weighted by atomic mass is 10.1. The molecule has 0 saturated carbocycles. The lowest BCUT2D eigenvalue weighted by Crippen LogP contribution is -2.45. The van der Waals surface area contributed by atoms with Crippen LogP contribution >= 0.6 is 11.8 Å². The minimum Gasteiger partial charge on any atom is -0.323 e. The summed E-state index contributed by atoms with van der Waals surface area (Å²) in [5, 5.41) is 3.41. The second-order valence-corrected chi connectivity index (χ2v) is 6.13. The maximum absolute atomic E-state index is 12.9. The van der Waals surface area contributed by atoms with Crippen molar-refractivity contribution in [1.82, 2.24) is 10.9 Å². The van der Waals surface area contributed by atoms with Crippen molar-refractivity contribution in [3.63, 3.8) is 0 Å². The number of halogens is 1. The van der Waals surface area contributed by atoms with E-state index < -0.39 is 4.87 Å². The first kappa shape index (κ1) is 13.3. The molecule has 3 N–H and O–H groups in total. The van der Waals surface area contributed by atoms with Crippen molar-refractivity contribution >= 4 is 34.2 Å². The summed E-state index contributed by atoms with van der Waals surface area (Å²) in [6.45, 7) is 0. The fourth-order valence-corrected chi connectivity index (χ4v) is 3.56. The number of thioether (sulfide) groups is 1. The Morgan fingerprint density at radius 3 is 2.68 bits per heavy atom. The van der Waals surface area contributed by atoms with Gasteiger partial charge in [0.15, 0.2) is 10.0 Å². The number of amides is 1. The molecule has 1 fully saturated rings. The monoisotopic (exact) mass is 314 g/mol. The molecule has 1 unspecified atom stereocenters. The van der Waals surface area contributed by atoms with Gasteiger partial charge in [-0.05, 0) is 42.1 Å². The molecule has 0 aromatic heterocycles. The molecule has 7 heteroatoms. The lowest BCUT2D eigenvalue weighted by molar-refractivity contribution is -0.118. The number of benzene rings is 2. The second kappa shape index (κ2) is 4.82. The third kappa shape index (κ3) is 1.98. The molecule has 110 valence electrons. The van der Waals surface area contributed by atoms with Crippen LogP contribution in [0.3, 0.4) is 0 Å². The highest BCUT2D eigenvalue weighted by Gasteiger charge is 2.52. The number of carbonyl (C=O) groups excluding carboxylic acids is 1. The molecule has 2 aromatic rings. The van der Waals surface area contributed by atoms with E-state index in [9.17, 15) is 9.18 Å². The van der Waals surface area contributed by atoms with Gasteiger partial charge in [-0.3, -0.25) is 10.2 Å². The van der Waals surface area contributed by atoms with E-state index >= 15 is 0 Å².